The molecule has 0 aromatic rings. The third-order valence-corrected chi connectivity index (χ3v) is 2.47. The van der Waals surface area contributed by atoms with Gasteiger partial charge in [0.15, 0.2) is 6.10 Å². The van der Waals surface area contributed by atoms with E-state index in [1.807, 2.05) is 0 Å². The lowest BCUT2D eigenvalue weighted by Gasteiger charge is -2.38. The summed E-state index contributed by atoms with van der Waals surface area (Å²) < 4.78 is 4.94. The number of carboxylic acid groups (broad SMARTS) is 1. The predicted octanol–water partition coefficient (Wildman–Crippen LogP) is -0.784. The van der Waals surface area contributed by atoms with Crippen molar-refractivity contribution < 1.29 is 24.9 Å². The largest absolute Gasteiger partial charge is 0.479 e. The van der Waals surface area contributed by atoms with Crippen LogP contribution in [0.15, 0.2) is 0 Å². The van der Waals surface area contributed by atoms with Crippen LogP contribution in [0.3, 0.4) is 0 Å². The molecule has 76 valence electrons. The zero-order chi connectivity index (χ0) is 10.2. The van der Waals surface area contributed by atoms with Gasteiger partial charge in [-0.2, -0.15) is 0 Å². The lowest BCUT2D eigenvalue weighted by atomic mass is 9.88. The van der Waals surface area contributed by atoms with Gasteiger partial charge in [-0.1, -0.05) is 6.92 Å². The molecule has 0 aromatic carbocycles. The second-order valence-corrected chi connectivity index (χ2v) is 3.44. The van der Waals surface area contributed by atoms with E-state index < -0.39 is 36.3 Å². The summed E-state index contributed by atoms with van der Waals surface area (Å²) in [6, 6.07) is 0. The van der Waals surface area contributed by atoms with Crippen LogP contribution in [0.25, 0.3) is 0 Å². The first-order valence-electron chi connectivity index (χ1n) is 4.19. The van der Waals surface area contributed by atoms with Crippen LogP contribution < -0.4 is 0 Å². The van der Waals surface area contributed by atoms with E-state index in [4.69, 9.17) is 9.84 Å². The van der Waals surface area contributed by atoms with Crippen molar-refractivity contribution in [2.75, 3.05) is 0 Å². The molecule has 5 heteroatoms. The first-order valence-corrected chi connectivity index (χ1v) is 4.19. The van der Waals surface area contributed by atoms with Crippen molar-refractivity contribution in [2.45, 2.75) is 38.3 Å². The van der Waals surface area contributed by atoms with Crippen LogP contribution in [0.2, 0.25) is 0 Å². The number of rotatable bonds is 1. The van der Waals surface area contributed by atoms with E-state index in [0.29, 0.717) is 0 Å². The Kier molecular flexibility index (Phi) is 2.90. The summed E-state index contributed by atoms with van der Waals surface area (Å²) in [4.78, 5) is 10.6. The van der Waals surface area contributed by atoms with Crippen molar-refractivity contribution in [1.82, 2.24) is 0 Å². The van der Waals surface area contributed by atoms with Crippen LogP contribution in [0, 0.1) is 5.92 Å². The Balaban J connectivity index is 2.76. The Hall–Kier alpha value is -0.650. The third-order valence-electron chi connectivity index (χ3n) is 2.47. The molecule has 5 unspecified atom stereocenters. The molecule has 0 radical (unpaired) electrons. The summed E-state index contributed by atoms with van der Waals surface area (Å²) in [5.41, 5.74) is 0. The Labute approximate surface area is 75.9 Å². The van der Waals surface area contributed by atoms with Crippen molar-refractivity contribution in [2.24, 2.45) is 5.92 Å². The van der Waals surface area contributed by atoms with E-state index in [0.717, 1.165) is 0 Å². The summed E-state index contributed by atoms with van der Waals surface area (Å²) in [6.45, 7) is 3.19. The van der Waals surface area contributed by atoms with Crippen LogP contribution in [0.4, 0.5) is 0 Å². The van der Waals surface area contributed by atoms with Crippen molar-refractivity contribution in [3.63, 3.8) is 0 Å². The fourth-order valence-electron chi connectivity index (χ4n) is 1.50. The molecule has 5 nitrogen and oxygen atoms in total. The molecule has 0 spiro atoms. The maximum absolute atomic E-state index is 10.6. The molecular weight excluding hydrogens is 176 g/mol. The molecule has 3 N–H and O–H groups in total. The molecule has 1 aliphatic rings. The van der Waals surface area contributed by atoms with Crippen LogP contribution in [-0.2, 0) is 9.53 Å². The summed E-state index contributed by atoms with van der Waals surface area (Å²) in [7, 11) is 0. The number of hydrogen-bond acceptors (Lipinski definition) is 4. The smallest absolute Gasteiger partial charge is 0.335 e. The van der Waals surface area contributed by atoms with Gasteiger partial charge in [-0.3, -0.25) is 0 Å². The molecular formula is C8H14O5. The fourth-order valence-corrected chi connectivity index (χ4v) is 1.50. The SMILES string of the molecule is CC1OC(C(=O)O)C(O)C(C)C1O. The normalized spacial score (nSPS) is 46.0. The van der Waals surface area contributed by atoms with Gasteiger partial charge < -0.3 is 20.1 Å². The first-order chi connectivity index (χ1) is 5.95. The molecule has 5 atom stereocenters. The van der Waals surface area contributed by atoms with Crippen molar-refractivity contribution in [3.05, 3.63) is 0 Å². The lowest BCUT2D eigenvalue weighted by Crippen LogP contribution is -2.54. The van der Waals surface area contributed by atoms with Gasteiger partial charge in [0.25, 0.3) is 0 Å². The topological polar surface area (TPSA) is 87.0 Å². The number of hydrogen-bond donors (Lipinski definition) is 3. The van der Waals surface area contributed by atoms with Gasteiger partial charge in [0.2, 0.25) is 0 Å². The number of aliphatic hydroxyl groups is 2. The number of aliphatic carboxylic acids is 1. The highest BCUT2D eigenvalue weighted by atomic mass is 16.5. The molecule has 0 bridgehead atoms. The van der Waals surface area contributed by atoms with Crippen LogP contribution in [-0.4, -0.2) is 45.7 Å². The first kappa shape index (κ1) is 10.4. The average molecular weight is 190 g/mol. The highest BCUT2D eigenvalue weighted by Gasteiger charge is 2.43. The second kappa shape index (κ2) is 3.61. The minimum absolute atomic E-state index is 0.482. The van der Waals surface area contributed by atoms with E-state index in [9.17, 15) is 15.0 Å². The highest BCUT2D eigenvalue weighted by Crippen LogP contribution is 2.25. The average Bonchev–Trinajstić information content (AvgIpc) is 2.07. The predicted molar refractivity (Wildman–Crippen MR) is 43.1 cm³/mol. The molecule has 0 aliphatic carbocycles. The third kappa shape index (κ3) is 1.82. The zero-order valence-electron chi connectivity index (χ0n) is 7.54. The minimum Gasteiger partial charge on any atom is -0.479 e. The number of carboxylic acids is 1. The number of ether oxygens (including phenoxy) is 1. The molecule has 13 heavy (non-hydrogen) atoms. The fraction of sp³-hybridized carbons (Fsp3) is 0.875. The molecule has 1 aliphatic heterocycles. The Bertz CT molecular complexity index is 205. The van der Waals surface area contributed by atoms with Gasteiger partial charge in [0.1, 0.15) is 0 Å². The van der Waals surface area contributed by atoms with Gasteiger partial charge in [-0.05, 0) is 6.92 Å². The van der Waals surface area contributed by atoms with E-state index >= 15 is 0 Å². The Morgan fingerprint density at radius 3 is 2.23 bits per heavy atom. The van der Waals surface area contributed by atoms with Gasteiger partial charge in [-0.15, -0.1) is 0 Å². The second-order valence-electron chi connectivity index (χ2n) is 3.44. The summed E-state index contributed by atoms with van der Waals surface area (Å²) >= 11 is 0. The highest BCUT2D eigenvalue weighted by molar-refractivity contribution is 5.73. The van der Waals surface area contributed by atoms with Crippen LogP contribution in [0.5, 0.6) is 0 Å². The Morgan fingerprint density at radius 1 is 1.23 bits per heavy atom. The molecule has 1 rings (SSSR count). The summed E-state index contributed by atoms with van der Waals surface area (Å²) in [5, 5.41) is 27.5. The van der Waals surface area contributed by atoms with Crippen LogP contribution in [0.1, 0.15) is 13.8 Å². The van der Waals surface area contributed by atoms with E-state index in [-0.39, 0.29) is 0 Å². The Morgan fingerprint density at radius 2 is 1.77 bits per heavy atom. The van der Waals surface area contributed by atoms with Crippen molar-refractivity contribution >= 4 is 5.97 Å². The standard InChI is InChI=1S/C8H14O5/c1-3-5(9)4(2)13-7(6(3)10)8(11)12/h3-7,9-10H,1-2H3,(H,11,12). The summed E-state index contributed by atoms with van der Waals surface area (Å²) in [6.07, 6.45) is -3.75. The van der Waals surface area contributed by atoms with E-state index in [2.05, 4.69) is 0 Å². The van der Waals surface area contributed by atoms with Gasteiger partial charge in [-0.25, -0.2) is 4.79 Å². The maximum atomic E-state index is 10.6. The van der Waals surface area contributed by atoms with Crippen LogP contribution >= 0.6 is 0 Å². The maximum Gasteiger partial charge on any atom is 0.335 e. The van der Waals surface area contributed by atoms with Gasteiger partial charge in [0, 0.05) is 5.92 Å². The molecule has 0 saturated carbocycles. The quantitative estimate of drug-likeness (QED) is 0.504. The van der Waals surface area contributed by atoms with Gasteiger partial charge >= 0.3 is 5.97 Å². The molecule has 1 saturated heterocycles. The van der Waals surface area contributed by atoms with E-state index in [1.54, 1.807) is 13.8 Å². The summed E-state index contributed by atoms with van der Waals surface area (Å²) in [5.74, 6) is -1.68. The van der Waals surface area contributed by atoms with Crippen molar-refractivity contribution in [3.8, 4) is 0 Å². The number of carbonyl (C=O) groups is 1. The zero-order valence-corrected chi connectivity index (χ0v) is 7.54. The molecule has 1 heterocycles. The molecule has 0 amide bonds. The van der Waals surface area contributed by atoms with Crippen molar-refractivity contribution in [1.29, 1.82) is 0 Å². The molecule has 1 fully saturated rings. The van der Waals surface area contributed by atoms with E-state index in [1.165, 1.54) is 0 Å². The molecule has 0 aromatic heterocycles. The number of aliphatic hydroxyl groups excluding tert-OH is 2. The monoisotopic (exact) mass is 190 g/mol. The lowest BCUT2D eigenvalue weighted by molar-refractivity contribution is -0.205. The minimum atomic E-state index is -1.23. The van der Waals surface area contributed by atoms with Gasteiger partial charge in [0.05, 0.1) is 18.3 Å².